The Balaban J connectivity index is 0.00000204. The second kappa shape index (κ2) is 13.9. The topological polar surface area (TPSA) is 108 Å². The molecule has 0 radical (unpaired) electrons. The van der Waals surface area contributed by atoms with Crippen molar-refractivity contribution in [1.29, 1.82) is 0 Å². The standard InChI is InChI=1S/C23H31N5O3S.2ClH/c29-20(30)8-5-16-3-6-19(7-4-16)28(15-17-2-1-11-25-14-17)23(31)22-27-26-21(32-22)18-9-12-24-13-10-18;;/h1-2,11,14,16,18-19,24H,3-10,12-13,15H2,(H,29,30);2*1H. The molecule has 2 fully saturated rings. The van der Waals surface area contributed by atoms with Gasteiger partial charge in [-0.3, -0.25) is 14.6 Å². The van der Waals surface area contributed by atoms with E-state index in [4.69, 9.17) is 5.11 Å². The van der Waals surface area contributed by atoms with E-state index in [1.807, 2.05) is 17.0 Å². The van der Waals surface area contributed by atoms with Gasteiger partial charge in [0.15, 0.2) is 0 Å². The quantitative estimate of drug-likeness (QED) is 0.524. The predicted octanol–water partition coefficient (Wildman–Crippen LogP) is 4.31. The van der Waals surface area contributed by atoms with Crippen molar-refractivity contribution in [3.8, 4) is 0 Å². The molecule has 0 aromatic carbocycles. The summed E-state index contributed by atoms with van der Waals surface area (Å²) in [7, 11) is 0. The third-order valence-corrected chi connectivity index (χ3v) is 7.75. The number of carbonyl (C=O) groups is 2. The van der Waals surface area contributed by atoms with Crippen LogP contribution in [-0.4, -0.2) is 56.2 Å². The summed E-state index contributed by atoms with van der Waals surface area (Å²) in [6.07, 6.45) is 10.2. The van der Waals surface area contributed by atoms with E-state index in [-0.39, 0.29) is 43.2 Å². The Bertz CT molecular complexity index is 903. The summed E-state index contributed by atoms with van der Waals surface area (Å²) in [4.78, 5) is 30.6. The van der Waals surface area contributed by atoms with Crippen LogP contribution < -0.4 is 5.32 Å². The highest BCUT2D eigenvalue weighted by Crippen LogP contribution is 2.33. The number of rotatable bonds is 8. The first-order valence-electron chi connectivity index (χ1n) is 11.6. The lowest BCUT2D eigenvalue weighted by Gasteiger charge is -2.36. The van der Waals surface area contributed by atoms with Gasteiger partial charge in [-0.05, 0) is 75.6 Å². The number of nitrogens with zero attached hydrogens (tertiary/aromatic N) is 4. The third kappa shape index (κ3) is 7.60. The molecule has 0 bridgehead atoms. The van der Waals surface area contributed by atoms with E-state index in [2.05, 4.69) is 20.5 Å². The number of carboxylic acids is 1. The second-order valence-corrected chi connectivity index (χ2v) is 9.88. The van der Waals surface area contributed by atoms with Crippen molar-refractivity contribution in [2.45, 2.75) is 69.9 Å². The third-order valence-electron chi connectivity index (χ3n) is 6.67. The zero-order chi connectivity index (χ0) is 22.3. The lowest BCUT2D eigenvalue weighted by Crippen LogP contribution is -2.42. The normalized spacial score (nSPS) is 20.6. The number of piperidine rings is 1. The summed E-state index contributed by atoms with van der Waals surface area (Å²) in [6, 6.07) is 4.00. The first-order valence-corrected chi connectivity index (χ1v) is 12.4. The summed E-state index contributed by atoms with van der Waals surface area (Å²) in [6.45, 7) is 2.46. The zero-order valence-electron chi connectivity index (χ0n) is 19.1. The maximum Gasteiger partial charge on any atom is 0.303 e. The molecule has 3 heterocycles. The van der Waals surface area contributed by atoms with Gasteiger partial charge in [0.25, 0.3) is 5.91 Å². The van der Waals surface area contributed by atoms with E-state index in [9.17, 15) is 9.59 Å². The molecule has 1 aliphatic carbocycles. The molecule has 1 aliphatic heterocycles. The fourth-order valence-corrected chi connectivity index (χ4v) is 5.77. The lowest BCUT2D eigenvalue weighted by molar-refractivity contribution is -0.137. The van der Waals surface area contributed by atoms with Crippen LogP contribution in [0.25, 0.3) is 0 Å². The van der Waals surface area contributed by atoms with Gasteiger partial charge in [0.2, 0.25) is 5.01 Å². The van der Waals surface area contributed by atoms with Gasteiger partial charge < -0.3 is 15.3 Å². The first-order chi connectivity index (χ1) is 15.6. The van der Waals surface area contributed by atoms with Crippen LogP contribution in [-0.2, 0) is 11.3 Å². The Morgan fingerprint density at radius 3 is 2.47 bits per heavy atom. The van der Waals surface area contributed by atoms with Gasteiger partial charge in [-0.2, -0.15) is 0 Å². The van der Waals surface area contributed by atoms with Crippen molar-refractivity contribution < 1.29 is 14.7 Å². The van der Waals surface area contributed by atoms with Crippen molar-refractivity contribution in [2.75, 3.05) is 13.1 Å². The van der Waals surface area contributed by atoms with Crippen molar-refractivity contribution >= 4 is 48.0 Å². The summed E-state index contributed by atoms with van der Waals surface area (Å²) >= 11 is 1.44. The van der Waals surface area contributed by atoms with E-state index in [0.717, 1.165) is 62.2 Å². The molecular formula is C23H33Cl2N5O3S. The van der Waals surface area contributed by atoms with Crippen molar-refractivity contribution in [2.24, 2.45) is 5.92 Å². The number of aromatic nitrogens is 3. The number of hydrogen-bond donors (Lipinski definition) is 2. The number of carbonyl (C=O) groups excluding carboxylic acids is 1. The minimum Gasteiger partial charge on any atom is -0.481 e. The number of nitrogens with one attached hydrogen (secondary N) is 1. The Morgan fingerprint density at radius 2 is 1.82 bits per heavy atom. The van der Waals surface area contributed by atoms with E-state index in [1.54, 1.807) is 12.4 Å². The van der Waals surface area contributed by atoms with Gasteiger partial charge in [-0.25, -0.2) is 0 Å². The van der Waals surface area contributed by atoms with Crippen molar-refractivity contribution in [3.63, 3.8) is 0 Å². The average molecular weight is 531 g/mol. The van der Waals surface area contributed by atoms with Gasteiger partial charge in [0.1, 0.15) is 5.01 Å². The van der Waals surface area contributed by atoms with Crippen LogP contribution in [0.1, 0.15) is 77.7 Å². The van der Waals surface area contributed by atoms with Crippen LogP contribution in [0.5, 0.6) is 0 Å². The van der Waals surface area contributed by atoms with E-state index < -0.39 is 5.97 Å². The Kier molecular flexibility index (Phi) is 11.6. The average Bonchev–Trinajstić information content (AvgIpc) is 3.33. The van der Waals surface area contributed by atoms with Gasteiger partial charge in [-0.1, -0.05) is 17.4 Å². The molecule has 4 rings (SSSR count). The fraction of sp³-hybridized carbons (Fsp3) is 0.609. The van der Waals surface area contributed by atoms with Gasteiger partial charge in [0.05, 0.1) is 0 Å². The number of aliphatic carboxylic acids is 1. The minimum atomic E-state index is -0.735. The number of amides is 1. The highest BCUT2D eigenvalue weighted by molar-refractivity contribution is 7.13. The molecule has 11 heteroatoms. The first kappa shape index (κ1) is 28.4. The molecule has 0 spiro atoms. The van der Waals surface area contributed by atoms with Gasteiger partial charge in [-0.15, -0.1) is 35.0 Å². The maximum absolute atomic E-state index is 13.6. The molecule has 1 saturated heterocycles. The number of carboxylic acid groups (broad SMARTS) is 1. The van der Waals surface area contributed by atoms with Crippen LogP contribution >= 0.6 is 36.2 Å². The minimum absolute atomic E-state index is 0. The maximum atomic E-state index is 13.6. The van der Waals surface area contributed by atoms with E-state index >= 15 is 0 Å². The molecule has 0 atom stereocenters. The Morgan fingerprint density at radius 1 is 1.09 bits per heavy atom. The molecule has 1 saturated carbocycles. The molecule has 2 aromatic heterocycles. The monoisotopic (exact) mass is 529 g/mol. The van der Waals surface area contributed by atoms with E-state index in [1.165, 1.54) is 11.3 Å². The molecule has 1 amide bonds. The second-order valence-electron chi connectivity index (χ2n) is 8.87. The molecule has 188 valence electrons. The van der Waals surface area contributed by atoms with Crippen LogP contribution in [0.4, 0.5) is 0 Å². The Labute approximate surface area is 216 Å². The summed E-state index contributed by atoms with van der Waals surface area (Å²) in [5.41, 5.74) is 0.997. The molecular weight excluding hydrogens is 497 g/mol. The summed E-state index contributed by atoms with van der Waals surface area (Å²) in [5, 5.41) is 22.4. The highest BCUT2D eigenvalue weighted by Gasteiger charge is 2.32. The molecule has 34 heavy (non-hydrogen) atoms. The molecule has 2 aromatic rings. The smallest absolute Gasteiger partial charge is 0.303 e. The van der Waals surface area contributed by atoms with Crippen molar-refractivity contribution in [3.05, 3.63) is 40.1 Å². The lowest BCUT2D eigenvalue weighted by atomic mass is 9.82. The summed E-state index contributed by atoms with van der Waals surface area (Å²) in [5.74, 6) is 0.0133. The largest absolute Gasteiger partial charge is 0.481 e. The highest BCUT2D eigenvalue weighted by atomic mass is 35.5. The summed E-state index contributed by atoms with van der Waals surface area (Å²) < 4.78 is 0. The number of halogens is 2. The number of pyridine rings is 1. The molecule has 2 aliphatic rings. The van der Waals surface area contributed by atoms with Crippen LogP contribution in [0.3, 0.4) is 0 Å². The molecule has 0 unspecified atom stereocenters. The molecule has 8 nitrogen and oxygen atoms in total. The van der Waals surface area contributed by atoms with Crippen LogP contribution in [0, 0.1) is 5.92 Å². The number of hydrogen-bond acceptors (Lipinski definition) is 7. The van der Waals surface area contributed by atoms with Gasteiger partial charge in [0, 0.05) is 37.3 Å². The SMILES string of the molecule is Cl.Cl.O=C(O)CCC1CCC(N(Cc2cccnc2)C(=O)c2nnc(C3CCNCC3)s2)CC1. The van der Waals surface area contributed by atoms with Crippen LogP contribution in [0.15, 0.2) is 24.5 Å². The van der Waals surface area contributed by atoms with E-state index in [0.29, 0.717) is 29.8 Å². The van der Waals surface area contributed by atoms with Crippen LogP contribution in [0.2, 0.25) is 0 Å². The fourth-order valence-electron chi connectivity index (χ4n) is 4.81. The molecule has 2 N–H and O–H groups in total. The predicted molar refractivity (Wildman–Crippen MR) is 136 cm³/mol. The van der Waals surface area contributed by atoms with Gasteiger partial charge >= 0.3 is 5.97 Å². The van der Waals surface area contributed by atoms with Crippen molar-refractivity contribution in [1.82, 2.24) is 25.4 Å². The Hall–Kier alpha value is -1.81. The zero-order valence-corrected chi connectivity index (χ0v) is 21.5.